The van der Waals surface area contributed by atoms with Crippen LogP contribution in [0.25, 0.3) is 10.9 Å². The SMILES string of the molecule is CN1/C(=N/c2ccc3ncnc(Nc4ccc(COc5cccc(F)c5)c(Cl)c4)c3c2)OC[C@@H]1CO. The molecular formula is C26H23ClFN5O3. The lowest BCUT2D eigenvalue weighted by molar-refractivity contribution is 0.197. The summed E-state index contributed by atoms with van der Waals surface area (Å²) in [5.74, 6) is 0.666. The van der Waals surface area contributed by atoms with E-state index in [0.717, 1.165) is 22.2 Å². The molecule has 0 aliphatic carbocycles. The Morgan fingerprint density at radius 3 is 2.86 bits per heavy atom. The maximum atomic E-state index is 13.4. The van der Waals surface area contributed by atoms with Crippen LogP contribution in [-0.2, 0) is 11.3 Å². The Kier molecular flexibility index (Phi) is 6.84. The van der Waals surface area contributed by atoms with Crippen molar-refractivity contribution in [1.29, 1.82) is 0 Å². The second-order valence-corrected chi connectivity index (χ2v) is 8.66. The summed E-state index contributed by atoms with van der Waals surface area (Å²) in [6.45, 7) is 0.586. The van der Waals surface area contributed by atoms with Gasteiger partial charge in [-0.15, -0.1) is 0 Å². The first-order valence-corrected chi connectivity index (χ1v) is 11.6. The number of aliphatic imine (C=N–C) groups is 1. The summed E-state index contributed by atoms with van der Waals surface area (Å²) in [6.07, 6.45) is 1.48. The number of rotatable bonds is 7. The van der Waals surface area contributed by atoms with Crippen LogP contribution in [0.2, 0.25) is 5.02 Å². The number of nitrogens with one attached hydrogen (secondary N) is 1. The normalized spacial score (nSPS) is 16.4. The molecule has 5 rings (SSSR count). The van der Waals surface area contributed by atoms with Gasteiger partial charge >= 0.3 is 0 Å². The molecule has 1 saturated heterocycles. The number of ether oxygens (including phenoxy) is 2. The van der Waals surface area contributed by atoms with Crippen LogP contribution in [0.5, 0.6) is 5.75 Å². The number of hydrogen-bond donors (Lipinski definition) is 2. The first kappa shape index (κ1) is 23.8. The van der Waals surface area contributed by atoms with Crippen LogP contribution >= 0.6 is 11.6 Å². The summed E-state index contributed by atoms with van der Waals surface area (Å²) in [4.78, 5) is 15.1. The van der Waals surface area contributed by atoms with Crippen molar-refractivity contribution in [2.75, 3.05) is 25.6 Å². The van der Waals surface area contributed by atoms with E-state index in [9.17, 15) is 9.50 Å². The molecular weight excluding hydrogens is 485 g/mol. The number of anilines is 2. The van der Waals surface area contributed by atoms with E-state index in [-0.39, 0.29) is 25.1 Å². The van der Waals surface area contributed by atoms with Gasteiger partial charge in [-0.2, -0.15) is 4.99 Å². The monoisotopic (exact) mass is 507 g/mol. The number of likely N-dealkylation sites (N-methyl/N-ethyl adjacent to an activating group) is 1. The quantitative estimate of drug-likeness (QED) is 0.361. The fraction of sp³-hybridized carbons (Fsp3) is 0.192. The fourth-order valence-electron chi connectivity index (χ4n) is 3.75. The molecule has 2 N–H and O–H groups in total. The van der Waals surface area contributed by atoms with Gasteiger partial charge in [-0.05, 0) is 42.5 Å². The summed E-state index contributed by atoms with van der Waals surface area (Å²) < 4.78 is 24.6. The fourth-order valence-corrected chi connectivity index (χ4v) is 3.98. The smallest absolute Gasteiger partial charge is 0.292 e. The van der Waals surface area contributed by atoms with Crippen LogP contribution in [-0.4, -0.2) is 52.3 Å². The minimum atomic E-state index is -0.359. The number of nitrogens with zero attached hydrogens (tertiary/aromatic N) is 4. The van der Waals surface area contributed by atoms with E-state index >= 15 is 0 Å². The molecule has 1 aromatic heterocycles. The average molecular weight is 508 g/mol. The van der Waals surface area contributed by atoms with Gasteiger partial charge in [0.25, 0.3) is 6.02 Å². The van der Waals surface area contributed by atoms with Crippen LogP contribution in [0, 0.1) is 5.82 Å². The largest absolute Gasteiger partial charge is 0.489 e. The molecule has 184 valence electrons. The van der Waals surface area contributed by atoms with Gasteiger partial charge in [0.2, 0.25) is 0 Å². The van der Waals surface area contributed by atoms with Gasteiger partial charge < -0.3 is 24.8 Å². The Balaban J connectivity index is 1.35. The van der Waals surface area contributed by atoms with Crippen LogP contribution in [0.15, 0.2) is 72.0 Å². The molecule has 3 aromatic carbocycles. The number of amidine groups is 1. The van der Waals surface area contributed by atoms with Gasteiger partial charge in [0.1, 0.15) is 36.9 Å². The molecule has 1 aliphatic heterocycles. The molecule has 0 unspecified atom stereocenters. The highest BCUT2D eigenvalue weighted by atomic mass is 35.5. The first-order valence-electron chi connectivity index (χ1n) is 11.2. The second-order valence-electron chi connectivity index (χ2n) is 8.25. The third kappa shape index (κ3) is 5.17. The summed E-state index contributed by atoms with van der Waals surface area (Å²) >= 11 is 6.49. The lowest BCUT2D eigenvalue weighted by atomic mass is 10.2. The average Bonchev–Trinajstić information content (AvgIpc) is 3.23. The molecule has 8 nitrogen and oxygen atoms in total. The lowest BCUT2D eigenvalue weighted by Gasteiger charge is -2.15. The van der Waals surface area contributed by atoms with E-state index in [1.54, 1.807) is 18.2 Å². The predicted octanol–water partition coefficient (Wildman–Crippen LogP) is 5.06. The number of aliphatic hydroxyl groups is 1. The maximum absolute atomic E-state index is 13.4. The minimum absolute atomic E-state index is 0.00652. The minimum Gasteiger partial charge on any atom is -0.489 e. The summed E-state index contributed by atoms with van der Waals surface area (Å²) in [7, 11) is 1.83. The molecule has 1 aliphatic rings. The van der Waals surface area contributed by atoms with Crippen molar-refractivity contribution >= 4 is 45.7 Å². The van der Waals surface area contributed by atoms with Gasteiger partial charge in [0, 0.05) is 34.8 Å². The van der Waals surface area contributed by atoms with Gasteiger partial charge in [-0.1, -0.05) is 23.7 Å². The molecule has 0 saturated carbocycles. The van der Waals surface area contributed by atoms with Crippen LogP contribution < -0.4 is 10.1 Å². The molecule has 1 atom stereocenters. The number of hydrogen-bond acceptors (Lipinski definition) is 7. The molecule has 1 fully saturated rings. The summed E-state index contributed by atoms with van der Waals surface area (Å²) in [5, 5.41) is 14.0. The van der Waals surface area contributed by atoms with Crippen molar-refractivity contribution in [3.8, 4) is 5.75 Å². The molecule has 0 radical (unpaired) electrons. The highest BCUT2D eigenvalue weighted by molar-refractivity contribution is 6.31. The number of aromatic nitrogens is 2. The summed E-state index contributed by atoms with van der Waals surface area (Å²) in [6, 6.07) is 17.4. The number of benzene rings is 3. The van der Waals surface area contributed by atoms with E-state index in [2.05, 4.69) is 20.3 Å². The van der Waals surface area contributed by atoms with Crippen molar-refractivity contribution in [3.63, 3.8) is 0 Å². The topological polar surface area (TPSA) is 92.1 Å². The van der Waals surface area contributed by atoms with Gasteiger partial charge in [0.15, 0.2) is 0 Å². The number of halogens is 2. The summed E-state index contributed by atoms with van der Waals surface area (Å²) in [5.41, 5.74) is 2.91. The molecule has 36 heavy (non-hydrogen) atoms. The highest BCUT2D eigenvalue weighted by Gasteiger charge is 2.27. The van der Waals surface area contributed by atoms with Crippen molar-refractivity contribution in [1.82, 2.24) is 14.9 Å². The third-order valence-electron chi connectivity index (χ3n) is 5.81. The molecule has 2 heterocycles. The molecule has 0 bridgehead atoms. The number of fused-ring (bicyclic) bond motifs is 1. The lowest BCUT2D eigenvalue weighted by Crippen LogP contribution is -2.32. The Bertz CT molecular complexity index is 1430. The van der Waals surface area contributed by atoms with Crippen LogP contribution in [0.3, 0.4) is 0 Å². The van der Waals surface area contributed by atoms with Crippen molar-refractivity contribution in [3.05, 3.63) is 83.4 Å². The van der Waals surface area contributed by atoms with E-state index in [0.29, 0.717) is 34.9 Å². The van der Waals surface area contributed by atoms with Crippen molar-refractivity contribution < 1.29 is 19.0 Å². The molecule has 0 spiro atoms. The van der Waals surface area contributed by atoms with E-state index in [1.165, 1.54) is 18.5 Å². The standard InChI is InChI=1S/C26H23ClFN5O3/c1-33-20(12-34)14-36-26(33)32-18-7-8-24-22(10-18)25(30-15-29-24)31-19-6-5-16(23(27)11-19)13-35-21-4-2-3-17(28)9-21/h2-11,15,20,34H,12-14H2,1H3,(H,29,30,31)/b32-26-/t20-/m0/s1. The Labute approximate surface area is 212 Å². The predicted molar refractivity (Wildman–Crippen MR) is 137 cm³/mol. The van der Waals surface area contributed by atoms with E-state index < -0.39 is 0 Å². The zero-order chi connectivity index (χ0) is 25.1. The van der Waals surface area contributed by atoms with E-state index in [4.69, 9.17) is 21.1 Å². The van der Waals surface area contributed by atoms with Gasteiger partial charge in [-0.25, -0.2) is 14.4 Å². The van der Waals surface area contributed by atoms with Crippen molar-refractivity contribution in [2.24, 2.45) is 4.99 Å². The Morgan fingerprint density at radius 2 is 2.08 bits per heavy atom. The Morgan fingerprint density at radius 1 is 1.19 bits per heavy atom. The molecule has 10 heteroatoms. The second kappa shape index (κ2) is 10.3. The number of aliphatic hydroxyl groups excluding tert-OH is 1. The highest BCUT2D eigenvalue weighted by Crippen LogP contribution is 2.30. The third-order valence-corrected chi connectivity index (χ3v) is 6.17. The van der Waals surface area contributed by atoms with Gasteiger partial charge in [0.05, 0.1) is 23.9 Å². The Hall–Kier alpha value is -3.95. The van der Waals surface area contributed by atoms with Crippen LogP contribution in [0.1, 0.15) is 5.56 Å². The van der Waals surface area contributed by atoms with E-state index in [1.807, 2.05) is 42.3 Å². The molecule has 4 aromatic rings. The zero-order valence-corrected chi connectivity index (χ0v) is 20.1. The maximum Gasteiger partial charge on any atom is 0.292 e. The van der Waals surface area contributed by atoms with Gasteiger partial charge in [-0.3, -0.25) is 0 Å². The zero-order valence-electron chi connectivity index (χ0n) is 19.4. The first-order chi connectivity index (χ1) is 17.5. The van der Waals surface area contributed by atoms with Crippen LogP contribution in [0.4, 0.5) is 21.6 Å². The molecule has 0 amide bonds. The van der Waals surface area contributed by atoms with Crippen molar-refractivity contribution in [2.45, 2.75) is 12.6 Å².